The van der Waals surface area contributed by atoms with Crippen LogP contribution in [-0.4, -0.2) is 27.7 Å². The first kappa shape index (κ1) is 18.5. The zero-order valence-electron chi connectivity index (χ0n) is 13.6. The van der Waals surface area contributed by atoms with Crippen molar-refractivity contribution in [3.63, 3.8) is 0 Å². The summed E-state index contributed by atoms with van der Waals surface area (Å²) in [6, 6.07) is 9.44. The lowest BCUT2D eigenvalue weighted by molar-refractivity contribution is -0.140. The van der Waals surface area contributed by atoms with Crippen molar-refractivity contribution in [2.75, 3.05) is 13.2 Å². The van der Waals surface area contributed by atoms with Crippen molar-refractivity contribution >= 4 is 10.1 Å². The average Bonchev–Trinajstić information content (AvgIpc) is 2.59. The third kappa shape index (κ3) is 3.94. The van der Waals surface area contributed by atoms with Crippen LogP contribution in [0.3, 0.4) is 0 Å². The Morgan fingerprint density at radius 3 is 2.50 bits per heavy atom. The lowest BCUT2D eigenvalue weighted by Gasteiger charge is -2.28. The minimum absolute atomic E-state index is 0.0440. The first-order valence-corrected chi connectivity index (χ1v) is 9.03. The number of fused-ring (bicyclic) bond motifs is 1. The monoisotopic (exact) mass is 388 g/mol. The predicted molar refractivity (Wildman–Crippen MR) is 85.7 cm³/mol. The van der Waals surface area contributed by atoms with Crippen LogP contribution in [0.15, 0.2) is 47.4 Å². The Morgan fingerprint density at radius 1 is 1.15 bits per heavy atom. The molecule has 1 aliphatic rings. The van der Waals surface area contributed by atoms with Crippen LogP contribution in [0.5, 0.6) is 11.5 Å². The van der Waals surface area contributed by atoms with Gasteiger partial charge >= 0.3 is 6.18 Å². The summed E-state index contributed by atoms with van der Waals surface area (Å²) in [7, 11) is -4.05. The van der Waals surface area contributed by atoms with Crippen LogP contribution >= 0.6 is 0 Å². The highest BCUT2D eigenvalue weighted by molar-refractivity contribution is 7.86. The van der Waals surface area contributed by atoms with Gasteiger partial charge in [0, 0.05) is 0 Å². The molecule has 2 aromatic rings. The standard InChI is InChI=1S/C17H15F3O5S/c1-11-5-7-13(8-6-11)26(21,22)24-10-12-9-23-15-4-2-3-14(16(15)25-12)17(18,19)20/h2-8,12H,9-10H2,1H3/t12-/m1/s1. The van der Waals surface area contributed by atoms with Crippen LogP contribution in [0.4, 0.5) is 13.2 Å². The Labute approximate surface area is 148 Å². The Kier molecular flexibility index (Phi) is 4.85. The summed E-state index contributed by atoms with van der Waals surface area (Å²) in [5, 5.41) is 0. The van der Waals surface area contributed by atoms with Gasteiger partial charge in [0.25, 0.3) is 10.1 Å². The maximum atomic E-state index is 13.1. The zero-order valence-corrected chi connectivity index (χ0v) is 14.4. The Balaban J connectivity index is 1.73. The van der Waals surface area contributed by atoms with Crippen molar-refractivity contribution < 1.29 is 35.2 Å². The summed E-state index contributed by atoms with van der Waals surface area (Å²) in [6.07, 6.45) is -5.61. The van der Waals surface area contributed by atoms with Crippen LogP contribution < -0.4 is 9.47 Å². The normalized spacial score (nSPS) is 17.2. The number of benzene rings is 2. The molecule has 3 rings (SSSR count). The summed E-state index contributed by atoms with van der Waals surface area (Å²) in [5.41, 5.74) is -0.106. The Hall–Kier alpha value is -2.26. The van der Waals surface area contributed by atoms with Crippen molar-refractivity contribution in [3.8, 4) is 11.5 Å². The van der Waals surface area contributed by atoms with Gasteiger partial charge < -0.3 is 9.47 Å². The molecule has 2 aromatic carbocycles. The van der Waals surface area contributed by atoms with E-state index < -0.39 is 40.3 Å². The number of para-hydroxylation sites is 1. The van der Waals surface area contributed by atoms with Gasteiger partial charge in [0.05, 0.1) is 4.90 Å². The van der Waals surface area contributed by atoms with Crippen molar-refractivity contribution in [3.05, 3.63) is 53.6 Å². The second kappa shape index (κ2) is 6.81. The van der Waals surface area contributed by atoms with Crippen LogP contribution in [0.1, 0.15) is 11.1 Å². The lowest BCUT2D eigenvalue weighted by Crippen LogP contribution is -2.35. The quantitative estimate of drug-likeness (QED) is 0.750. The number of aryl methyl sites for hydroxylation is 1. The minimum Gasteiger partial charge on any atom is -0.486 e. The van der Waals surface area contributed by atoms with Gasteiger partial charge in [-0.3, -0.25) is 4.18 Å². The first-order valence-electron chi connectivity index (χ1n) is 7.62. The molecule has 1 aliphatic heterocycles. The molecule has 140 valence electrons. The van der Waals surface area contributed by atoms with Gasteiger partial charge in [-0.05, 0) is 31.2 Å². The van der Waals surface area contributed by atoms with E-state index in [0.717, 1.165) is 11.6 Å². The SMILES string of the molecule is Cc1ccc(S(=O)(=O)OC[C@H]2COc3cccc(C(F)(F)F)c3O2)cc1. The van der Waals surface area contributed by atoms with Gasteiger partial charge in [0.15, 0.2) is 17.6 Å². The minimum atomic E-state index is -4.62. The largest absolute Gasteiger partial charge is 0.486 e. The fourth-order valence-corrected chi connectivity index (χ4v) is 3.31. The highest BCUT2D eigenvalue weighted by atomic mass is 32.2. The molecule has 0 aromatic heterocycles. The molecule has 0 bridgehead atoms. The molecule has 0 fully saturated rings. The Bertz CT molecular complexity index is 892. The topological polar surface area (TPSA) is 61.8 Å². The van der Waals surface area contributed by atoms with Gasteiger partial charge in [-0.25, -0.2) is 0 Å². The highest BCUT2D eigenvalue weighted by Gasteiger charge is 2.38. The molecule has 0 amide bonds. The van der Waals surface area contributed by atoms with Gasteiger partial charge in [0.1, 0.15) is 18.8 Å². The van der Waals surface area contributed by atoms with E-state index in [4.69, 9.17) is 13.7 Å². The van der Waals surface area contributed by atoms with Crippen molar-refractivity contribution in [2.24, 2.45) is 0 Å². The number of hydrogen-bond acceptors (Lipinski definition) is 5. The molecule has 1 heterocycles. The number of halogens is 3. The summed E-state index contributed by atoms with van der Waals surface area (Å²) in [5.74, 6) is -0.509. The summed E-state index contributed by atoms with van der Waals surface area (Å²) >= 11 is 0. The molecule has 9 heteroatoms. The van der Waals surface area contributed by atoms with Crippen molar-refractivity contribution in [2.45, 2.75) is 24.1 Å². The molecular weight excluding hydrogens is 373 g/mol. The van der Waals surface area contributed by atoms with E-state index in [0.29, 0.717) is 0 Å². The Morgan fingerprint density at radius 2 is 1.85 bits per heavy atom. The molecule has 0 radical (unpaired) electrons. The van der Waals surface area contributed by atoms with Gasteiger partial charge in [0.2, 0.25) is 0 Å². The molecule has 0 spiro atoms. The molecule has 0 N–H and O–H groups in total. The predicted octanol–water partition coefficient (Wildman–Crippen LogP) is 3.56. The van der Waals surface area contributed by atoms with Gasteiger partial charge in [-0.15, -0.1) is 0 Å². The summed E-state index contributed by atoms with van der Waals surface area (Å²) in [4.78, 5) is -0.0452. The zero-order chi connectivity index (χ0) is 18.9. The second-order valence-corrected chi connectivity index (χ2v) is 7.35. The third-order valence-electron chi connectivity index (χ3n) is 3.71. The van der Waals surface area contributed by atoms with Crippen LogP contribution in [0, 0.1) is 6.92 Å². The summed E-state index contributed by atoms with van der Waals surface area (Å²) < 4.78 is 79.0. The van der Waals surface area contributed by atoms with Crippen molar-refractivity contribution in [1.82, 2.24) is 0 Å². The number of ether oxygens (including phenoxy) is 2. The van der Waals surface area contributed by atoms with E-state index in [9.17, 15) is 21.6 Å². The fraction of sp³-hybridized carbons (Fsp3) is 0.294. The first-order chi connectivity index (χ1) is 12.2. The van der Waals surface area contributed by atoms with Gasteiger partial charge in [-0.2, -0.15) is 21.6 Å². The lowest BCUT2D eigenvalue weighted by atomic mass is 10.1. The molecule has 1 atom stereocenters. The third-order valence-corrected chi connectivity index (χ3v) is 5.01. The average molecular weight is 388 g/mol. The summed E-state index contributed by atoms with van der Waals surface area (Å²) in [6.45, 7) is 1.21. The fourth-order valence-electron chi connectivity index (χ4n) is 2.38. The van der Waals surface area contributed by atoms with E-state index in [1.54, 1.807) is 19.1 Å². The molecule has 5 nitrogen and oxygen atoms in total. The maximum Gasteiger partial charge on any atom is 0.420 e. The molecule has 0 saturated heterocycles. The number of hydrogen-bond donors (Lipinski definition) is 0. The molecule has 0 aliphatic carbocycles. The van der Waals surface area contributed by atoms with Crippen LogP contribution in [0.2, 0.25) is 0 Å². The van der Waals surface area contributed by atoms with E-state index in [1.807, 2.05) is 0 Å². The molecule has 26 heavy (non-hydrogen) atoms. The molecular formula is C17H15F3O5S. The second-order valence-electron chi connectivity index (χ2n) is 5.73. The smallest absolute Gasteiger partial charge is 0.420 e. The van der Waals surface area contributed by atoms with E-state index in [-0.39, 0.29) is 17.3 Å². The van der Waals surface area contributed by atoms with E-state index in [1.165, 1.54) is 24.3 Å². The number of alkyl halides is 3. The van der Waals surface area contributed by atoms with Crippen LogP contribution in [-0.2, 0) is 20.5 Å². The maximum absolute atomic E-state index is 13.1. The highest BCUT2D eigenvalue weighted by Crippen LogP contribution is 2.43. The van der Waals surface area contributed by atoms with E-state index in [2.05, 4.69) is 0 Å². The number of rotatable bonds is 4. The molecule has 0 unspecified atom stereocenters. The van der Waals surface area contributed by atoms with Gasteiger partial charge in [-0.1, -0.05) is 23.8 Å². The van der Waals surface area contributed by atoms with Crippen LogP contribution in [0.25, 0.3) is 0 Å². The van der Waals surface area contributed by atoms with Crippen molar-refractivity contribution in [1.29, 1.82) is 0 Å². The van der Waals surface area contributed by atoms with E-state index >= 15 is 0 Å². The molecule has 0 saturated carbocycles.